The van der Waals surface area contributed by atoms with Crippen LogP contribution < -0.4 is 9.80 Å². The molecule has 4 aliphatic rings. The molecule has 100 heavy (non-hydrogen) atoms. The molecule has 16 aromatic rings. The number of nitrogens with zero attached hydrogens (tertiary/aromatic N) is 4. The van der Waals surface area contributed by atoms with Gasteiger partial charge in [-0.2, -0.15) is 0 Å². The van der Waals surface area contributed by atoms with Gasteiger partial charge in [-0.15, -0.1) is 0 Å². The van der Waals surface area contributed by atoms with Crippen molar-refractivity contribution in [1.29, 1.82) is 0 Å². The molecule has 20 rings (SSSR count). The van der Waals surface area contributed by atoms with Crippen LogP contribution in [0.15, 0.2) is 303 Å². The summed E-state index contributed by atoms with van der Waals surface area (Å²) in [5.74, 6) is 0. The first kappa shape index (κ1) is 58.4. The Bertz CT molecular complexity index is 5580. The summed E-state index contributed by atoms with van der Waals surface area (Å²) in [7, 11) is 0. The van der Waals surface area contributed by atoms with E-state index in [2.05, 4.69) is 378 Å². The van der Waals surface area contributed by atoms with Gasteiger partial charge in [-0.25, -0.2) is 0 Å². The Hall–Kier alpha value is -11.7. The van der Waals surface area contributed by atoms with Crippen LogP contribution in [0.2, 0.25) is 0 Å². The van der Waals surface area contributed by atoms with Gasteiger partial charge in [0.05, 0.1) is 22.1 Å². The number of aromatic nitrogens is 2. The standard InChI is InChI=1S/C96H74N4/c1-93(2)81-31-19-15-27-69(81)73-43-37-65(55-85(73)93)97(66-38-44-74-70-28-16-20-32-82(70)94(3,4)86(74)56-66)63-41-49-91-79(53-63)77-51-59(35-47-89(77)99(91)61-23-11-9-12-24-61)60-36-48-90-78(52-60)80-54-64(42-50-92(80)100(90)62-25-13-10-14-26-62)98(67-39-45-75-71-29-17-21-33-83(71)95(5,6)87(75)57-67)68-40-46-76-72-30-18-22-34-84(72)96(7,8)88(76)58-68/h9-58H,1-8H3. The van der Waals surface area contributed by atoms with Crippen LogP contribution in [-0.4, -0.2) is 9.13 Å². The quantitative estimate of drug-likeness (QED) is 0.143. The van der Waals surface area contributed by atoms with Gasteiger partial charge in [0.15, 0.2) is 0 Å². The molecule has 0 atom stereocenters. The van der Waals surface area contributed by atoms with Crippen LogP contribution in [0.25, 0.3) is 111 Å². The molecule has 2 aromatic heterocycles. The third-order valence-electron chi connectivity index (χ3n) is 23.7. The average molecular weight is 1280 g/mol. The zero-order valence-corrected chi connectivity index (χ0v) is 57.7. The smallest absolute Gasteiger partial charge is 0.0542 e. The summed E-state index contributed by atoms with van der Waals surface area (Å²) in [5, 5.41) is 4.77. The van der Waals surface area contributed by atoms with Crippen molar-refractivity contribution < 1.29 is 0 Å². The monoisotopic (exact) mass is 1280 g/mol. The Morgan fingerprint density at radius 3 is 0.730 bits per heavy atom. The van der Waals surface area contributed by atoms with Crippen molar-refractivity contribution >= 4 is 77.7 Å². The van der Waals surface area contributed by atoms with Gasteiger partial charge in [-0.05, 0) is 234 Å². The third-order valence-corrected chi connectivity index (χ3v) is 23.7. The fraction of sp³-hybridized carbons (Fsp3) is 0.125. The minimum absolute atomic E-state index is 0.178. The molecule has 0 saturated heterocycles. The summed E-state index contributed by atoms with van der Waals surface area (Å²) < 4.78 is 4.91. The molecule has 0 radical (unpaired) electrons. The van der Waals surface area contributed by atoms with Gasteiger partial charge in [0.1, 0.15) is 0 Å². The molecule has 4 aliphatic carbocycles. The van der Waals surface area contributed by atoms with E-state index in [1.807, 2.05) is 0 Å². The van der Waals surface area contributed by atoms with E-state index < -0.39 is 0 Å². The van der Waals surface area contributed by atoms with E-state index in [1.165, 1.54) is 111 Å². The maximum Gasteiger partial charge on any atom is 0.0542 e. The van der Waals surface area contributed by atoms with E-state index in [-0.39, 0.29) is 21.7 Å². The zero-order chi connectivity index (χ0) is 67.3. The highest BCUT2D eigenvalue weighted by Gasteiger charge is 2.41. The van der Waals surface area contributed by atoms with E-state index >= 15 is 0 Å². The molecule has 478 valence electrons. The molecule has 0 N–H and O–H groups in total. The highest BCUT2D eigenvalue weighted by molar-refractivity contribution is 6.14. The van der Waals surface area contributed by atoms with Gasteiger partial charge in [0.25, 0.3) is 0 Å². The summed E-state index contributed by atoms with van der Waals surface area (Å²) in [6.07, 6.45) is 0. The molecular weight excluding hydrogens is 1210 g/mol. The normalized spacial score (nSPS) is 14.9. The number of hydrogen-bond donors (Lipinski definition) is 0. The van der Waals surface area contributed by atoms with Crippen LogP contribution in [0.3, 0.4) is 0 Å². The molecule has 0 unspecified atom stereocenters. The predicted octanol–water partition coefficient (Wildman–Crippen LogP) is 25.7. The molecule has 0 amide bonds. The predicted molar refractivity (Wildman–Crippen MR) is 420 cm³/mol. The molecule has 0 bridgehead atoms. The lowest BCUT2D eigenvalue weighted by Crippen LogP contribution is -2.18. The minimum Gasteiger partial charge on any atom is -0.310 e. The van der Waals surface area contributed by atoms with Crippen molar-refractivity contribution in [3.8, 4) is 67.0 Å². The number of hydrogen-bond acceptors (Lipinski definition) is 2. The lowest BCUT2D eigenvalue weighted by molar-refractivity contribution is 0.659. The topological polar surface area (TPSA) is 16.3 Å². The highest BCUT2D eigenvalue weighted by Crippen LogP contribution is 2.57. The summed E-state index contributed by atoms with van der Waals surface area (Å²) in [5.41, 5.74) is 36.7. The number of para-hydroxylation sites is 2. The van der Waals surface area contributed by atoms with Gasteiger partial charge in [0, 0.05) is 88.7 Å². The number of fused-ring (bicyclic) bond motifs is 18. The molecule has 0 aliphatic heterocycles. The maximum atomic E-state index is 2.52. The van der Waals surface area contributed by atoms with Gasteiger partial charge in [0.2, 0.25) is 0 Å². The summed E-state index contributed by atoms with van der Waals surface area (Å²) in [6.45, 7) is 19.1. The summed E-state index contributed by atoms with van der Waals surface area (Å²) in [4.78, 5) is 5.04. The van der Waals surface area contributed by atoms with E-state index in [0.717, 1.165) is 78.7 Å². The van der Waals surface area contributed by atoms with E-state index in [4.69, 9.17) is 0 Å². The van der Waals surface area contributed by atoms with E-state index in [0.29, 0.717) is 0 Å². The molecule has 0 spiro atoms. The largest absolute Gasteiger partial charge is 0.310 e. The lowest BCUT2D eigenvalue weighted by atomic mass is 9.82. The Kier molecular flexibility index (Phi) is 12.2. The molecule has 4 nitrogen and oxygen atoms in total. The number of rotatable bonds is 9. The summed E-state index contributed by atoms with van der Waals surface area (Å²) in [6, 6.07) is 115. The van der Waals surface area contributed by atoms with E-state index in [9.17, 15) is 0 Å². The molecule has 0 fully saturated rings. The maximum absolute atomic E-state index is 2.52. The molecular formula is C96H74N4. The van der Waals surface area contributed by atoms with Crippen molar-refractivity contribution in [2.45, 2.75) is 77.0 Å². The molecule has 4 heteroatoms. The van der Waals surface area contributed by atoms with Crippen molar-refractivity contribution in [2.24, 2.45) is 0 Å². The van der Waals surface area contributed by atoms with Crippen LogP contribution in [0.4, 0.5) is 34.1 Å². The van der Waals surface area contributed by atoms with Gasteiger partial charge >= 0.3 is 0 Å². The average Bonchev–Trinajstić information content (AvgIpc) is 1.57. The second-order valence-corrected chi connectivity index (χ2v) is 30.5. The number of benzene rings is 14. The Morgan fingerprint density at radius 2 is 0.430 bits per heavy atom. The van der Waals surface area contributed by atoms with Gasteiger partial charge in [-0.1, -0.05) is 225 Å². The lowest BCUT2D eigenvalue weighted by Gasteiger charge is -2.30. The van der Waals surface area contributed by atoms with Crippen molar-refractivity contribution in [3.05, 3.63) is 348 Å². The first-order valence-corrected chi connectivity index (χ1v) is 35.5. The molecule has 0 saturated carbocycles. The van der Waals surface area contributed by atoms with Crippen LogP contribution in [0, 0.1) is 0 Å². The van der Waals surface area contributed by atoms with E-state index in [1.54, 1.807) is 0 Å². The van der Waals surface area contributed by atoms with Crippen molar-refractivity contribution in [1.82, 2.24) is 9.13 Å². The van der Waals surface area contributed by atoms with Crippen molar-refractivity contribution in [3.63, 3.8) is 0 Å². The summed E-state index contributed by atoms with van der Waals surface area (Å²) >= 11 is 0. The highest BCUT2D eigenvalue weighted by atomic mass is 15.2. The molecule has 14 aromatic carbocycles. The second kappa shape index (κ2) is 20.9. The van der Waals surface area contributed by atoms with Crippen LogP contribution in [-0.2, 0) is 21.7 Å². The Morgan fingerprint density at radius 1 is 0.200 bits per heavy atom. The fourth-order valence-electron chi connectivity index (χ4n) is 18.6. The van der Waals surface area contributed by atoms with Crippen molar-refractivity contribution in [2.75, 3.05) is 9.80 Å². The third kappa shape index (κ3) is 8.22. The van der Waals surface area contributed by atoms with Crippen LogP contribution in [0.1, 0.15) is 99.9 Å². The first-order valence-electron chi connectivity index (χ1n) is 35.5. The number of anilines is 6. The fourth-order valence-corrected chi connectivity index (χ4v) is 18.6. The second-order valence-electron chi connectivity index (χ2n) is 30.5. The Labute approximate surface area is 585 Å². The first-order chi connectivity index (χ1) is 48.6. The van der Waals surface area contributed by atoms with Gasteiger partial charge in [-0.3, -0.25) is 0 Å². The van der Waals surface area contributed by atoms with Crippen LogP contribution in [0.5, 0.6) is 0 Å². The minimum atomic E-state index is -0.178. The Balaban J connectivity index is 0.775. The SMILES string of the molecule is CC1(C)c2ccccc2-c2ccc(N(c3ccc4c(c3)C(C)(C)c3ccccc3-4)c3ccc4c(c3)c3cc(-c5ccc6c(c5)c5cc(N(c7ccc8c(c7)C(C)(C)c7ccccc7-8)c7ccc8c(c7)C(C)(C)c7ccccc7-8)ccc5n6-c5ccccc5)ccc3n4-c3ccccc3)cc21. The van der Waals surface area contributed by atoms with Crippen LogP contribution >= 0.6 is 0 Å². The molecule has 2 heterocycles. The van der Waals surface area contributed by atoms with Gasteiger partial charge < -0.3 is 18.9 Å². The zero-order valence-electron chi connectivity index (χ0n) is 57.7.